The molecule has 1 aliphatic heterocycles. The normalized spacial score (nSPS) is 16.4. The summed E-state index contributed by atoms with van der Waals surface area (Å²) in [6.45, 7) is 2.41. The van der Waals surface area contributed by atoms with Gasteiger partial charge in [0, 0.05) is 11.0 Å². The number of benzene rings is 1. The van der Waals surface area contributed by atoms with E-state index in [-0.39, 0.29) is 5.91 Å². The Morgan fingerprint density at radius 1 is 1.33 bits per heavy atom. The lowest BCUT2D eigenvalue weighted by Crippen LogP contribution is -2.30. The zero-order valence-corrected chi connectivity index (χ0v) is 14.3. The summed E-state index contributed by atoms with van der Waals surface area (Å²) in [6, 6.07) is 3.59. The fourth-order valence-electron chi connectivity index (χ4n) is 1.99. The van der Waals surface area contributed by atoms with Gasteiger partial charge in [0.25, 0.3) is 5.91 Å². The Labute approximate surface area is 137 Å². The molecule has 0 atom stereocenters. The van der Waals surface area contributed by atoms with Crippen molar-refractivity contribution in [2.45, 2.75) is 6.92 Å². The van der Waals surface area contributed by atoms with Crippen molar-refractivity contribution in [1.29, 1.82) is 0 Å². The molecule has 7 heteroatoms. The van der Waals surface area contributed by atoms with Gasteiger partial charge < -0.3 is 14.8 Å². The Balaban J connectivity index is 2.42. The number of likely N-dealkylation sites (N-methyl/N-ethyl adjacent to an activating group) is 1. The van der Waals surface area contributed by atoms with Gasteiger partial charge in [-0.1, -0.05) is 15.9 Å². The first-order valence-electron chi connectivity index (χ1n) is 6.27. The number of carbonyl (C=O) groups is 1. The molecule has 1 fully saturated rings. The van der Waals surface area contributed by atoms with Crippen molar-refractivity contribution in [3.63, 3.8) is 0 Å². The number of nitrogens with zero attached hydrogens (tertiary/aromatic N) is 1. The second-order valence-corrected chi connectivity index (χ2v) is 5.51. The summed E-state index contributed by atoms with van der Waals surface area (Å²) in [5.41, 5.74) is 1.24. The lowest BCUT2D eigenvalue weighted by atomic mass is 10.1. The minimum Gasteiger partial charge on any atom is -0.493 e. The molecule has 0 radical (unpaired) electrons. The second kappa shape index (κ2) is 6.44. The lowest BCUT2D eigenvalue weighted by Gasteiger charge is -2.10. The Morgan fingerprint density at radius 3 is 2.48 bits per heavy atom. The Kier molecular flexibility index (Phi) is 4.84. The topological polar surface area (TPSA) is 50.8 Å². The summed E-state index contributed by atoms with van der Waals surface area (Å²) in [4.78, 5) is 13.7. The van der Waals surface area contributed by atoms with E-state index in [1.54, 1.807) is 32.4 Å². The van der Waals surface area contributed by atoms with E-state index in [9.17, 15) is 4.79 Å². The standard InChI is InChI=1S/C14H15BrN2O3S/c1-4-17-13(18)10(16-14(17)21)5-8-6-11(19-2)12(20-3)7-9(8)15/h5-7H,4H2,1-3H3,(H,16,21). The van der Waals surface area contributed by atoms with Gasteiger partial charge in [0.2, 0.25) is 0 Å². The Morgan fingerprint density at radius 2 is 1.95 bits per heavy atom. The van der Waals surface area contributed by atoms with Crippen LogP contribution in [0.15, 0.2) is 22.3 Å². The number of methoxy groups -OCH3 is 2. The molecule has 1 N–H and O–H groups in total. The lowest BCUT2D eigenvalue weighted by molar-refractivity contribution is -0.122. The summed E-state index contributed by atoms with van der Waals surface area (Å²) in [7, 11) is 3.14. The van der Waals surface area contributed by atoms with E-state index in [1.807, 2.05) is 6.92 Å². The molecule has 112 valence electrons. The predicted octanol–water partition coefficient (Wildman–Crippen LogP) is 2.54. The fraction of sp³-hybridized carbons (Fsp3) is 0.286. The molecule has 5 nitrogen and oxygen atoms in total. The molecule has 0 saturated carbocycles. The van der Waals surface area contributed by atoms with E-state index in [1.165, 1.54) is 4.90 Å². The second-order valence-electron chi connectivity index (χ2n) is 4.27. The quantitative estimate of drug-likeness (QED) is 0.651. The highest BCUT2D eigenvalue weighted by Crippen LogP contribution is 2.34. The highest BCUT2D eigenvalue weighted by Gasteiger charge is 2.29. The van der Waals surface area contributed by atoms with Gasteiger partial charge in [-0.2, -0.15) is 0 Å². The van der Waals surface area contributed by atoms with E-state index in [4.69, 9.17) is 21.7 Å². The fourth-order valence-corrected chi connectivity index (χ4v) is 2.75. The van der Waals surface area contributed by atoms with E-state index in [0.717, 1.165) is 10.0 Å². The summed E-state index contributed by atoms with van der Waals surface area (Å²) in [5, 5.41) is 3.34. The molecule has 1 amide bonds. The zero-order valence-electron chi connectivity index (χ0n) is 11.9. The van der Waals surface area contributed by atoms with Gasteiger partial charge in [-0.25, -0.2) is 0 Å². The molecule has 0 aromatic heterocycles. The predicted molar refractivity (Wildman–Crippen MR) is 88.3 cm³/mol. The van der Waals surface area contributed by atoms with Crippen molar-refractivity contribution in [3.05, 3.63) is 27.9 Å². The van der Waals surface area contributed by atoms with E-state index < -0.39 is 0 Å². The smallest absolute Gasteiger partial charge is 0.276 e. The molecule has 1 aliphatic rings. The first-order chi connectivity index (χ1) is 10.0. The maximum absolute atomic E-state index is 12.2. The van der Waals surface area contributed by atoms with E-state index in [2.05, 4.69) is 21.2 Å². The molecular weight excluding hydrogens is 356 g/mol. The molecule has 0 aliphatic carbocycles. The third kappa shape index (κ3) is 3.03. The highest BCUT2D eigenvalue weighted by atomic mass is 79.9. The van der Waals surface area contributed by atoms with Gasteiger partial charge in [0.15, 0.2) is 16.6 Å². The number of rotatable bonds is 4. The van der Waals surface area contributed by atoms with Crippen molar-refractivity contribution in [2.75, 3.05) is 20.8 Å². The zero-order chi connectivity index (χ0) is 15.6. The van der Waals surface area contributed by atoms with E-state index >= 15 is 0 Å². The van der Waals surface area contributed by atoms with Crippen molar-refractivity contribution >= 4 is 45.2 Å². The number of hydrogen-bond donors (Lipinski definition) is 1. The molecule has 0 spiro atoms. The molecule has 1 saturated heterocycles. The van der Waals surface area contributed by atoms with Crippen molar-refractivity contribution in [1.82, 2.24) is 10.2 Å². The van der Waals surface area contributed by atoms with Gasteiger partial charge in [0.1, 0.15) is 5.70 Å². The molecule has 0 unspecified atom stereocenters. The van der Waals surface area contributed by atoms with Gasteiger partial charge in [0.05, 0.1) is 14.2 Å². The van der Waals surface area contributed by atoms with Crippen LogP contribution in [0.1, 0.15) is 12.5 Å². The number of amides is 1. The van der Waals surface area contributed by atoms with Crippen LogP contribution < -0.4 is 14.8 Å². The van der Waals surface area contributed by atoms with Gasteiger partial charge in [-0.05, 0) is 42.9 Å². The Bertz CT molecular complexity index is 631. The molecular formula is C14H15BrN2O3S. The number of hydrogen-bond acceptors (Lipinski definition) is 4. The summed E-state index contributed by atoms with van der Waals surface area (Å²) < 4.78 is 11.3. The van der Waals surface area contributed by atoms with Crippen molar-refractivity contribution < 1.29 is 14.3 Å². The van der Waals surface area contributed by atoms with E-state index in [0.29, 0.717) is 28.9 Å². The largest absolute Gasteiger partial charge is 0.493 e. The van der Waals surface area contributed by atoms with Crippen LogP contribution >= 0.6 is 28.1 Å². The number of nitrogens with one attached hydrogen (secondary N) is 1. The molecule has 1 heterocycles. The van der Waals surface area contributed by atoms with Crippen LogP contribution in [0.4, 0.5) is 0 Å². The third-order valence-corrected chi connectivity index (χ3v) is 4.09. The van der Waals surface area contributed by atoms with Crippen LogP contribution in [0.2, 0.25) is 0 Å². The van der Waals surface area contributed by atoms with Gasteiger partial charge in [-0.3, -0.25) is 9.69 Å². The minimum atomic E-state index is -0.135. The molecule has 1 aromatic carbocycles. The summed E-state index contributed by atoms with van der Waals surface area (Å²) >= 11 is 8.59. The highest BCUT2D eigenvalue weighted by molar-refractivity contribution is 9.10. The van der Waals surface area contributed by atoms with Crippen molar-refractivity contribution in [3.8, 4) is 11.5 Å². The van der Waals surface area contributed by atoms with Crippen LogP contribution in [0, 0.1) is 0 Å². The average Bonchev–Trinajstić information content (AvgIpc) is 2.74. The minimum absolute atomic E-state index is 0.135. The van der Waals surface area contributed by atoms with Crippen LogP contribution in [0.25, 0.3) is 6.08 Å². The van der Waals surface area contributed by atoms with Crippen LogP contribution in [0.5, 0.6) is 11.5 Å². The average molecular weight is 371 g/mol. The maximum atomic E-state index is 12.2. The molecule has 0 bridgehead atoms. The summed E-state index contributed by atoms with van der Waals surface area (Å²) in [5.74, 6) is 1.07. The summed E-state index contributed by atoms with van der Waals surface area (Å²) in [6.07, 6.45) is 1.73. The Hall–Kier alpha value is -1.60. The first kappa shape index (κ1) is 15.8. The van der Waals surface area contributed by atoms with Gasteiger partial charge >= 0.3 is 0 Å². The number of thiocarbonyl (C=S) groups is 1. The van der Waals surface area contributed by atoms with Crippen molar-refractivity contribution in [2.24, 2.45) is 0 Å². The first-order valence-corrected chi connectivity index (χ1v) is 7.48. The molecule has 1 aromatic rings. The van der Waals surface area contributed by atoms with Gasteiger partial charge in [-0.15, -0.1) is 0 Å². The molecule has 21 heavy (non-hydrogen) atoms. The molecule has 2 rings (SSSR count). The SMILES string of the molecule is CCN1C(=O)C(=Cc2cc(OC)c(OC)cc2Br)NC1=S. The van der Waals surface area contributed by atoms with Crippen LogP contribution in [-0.2, 0) is 4.79 Å². The maximum Gasteiger partial charge on any atom is 0.276 e. The number of halogens is 1. The monoisotopic (exact) mass is 370 g/mol. The third-order valence-electron chi connectivity index (χ3n) is 3.08. The number of carbonyl (C=O) groups excluding carboxylic acids is 1. The van der Waals surface area contributed by atoms with Crippen LogP contribution in [0.3, 0.4) is 0 Å². The van der Waals surface area contributed by atoms with Crippen LogP contribution in [-0.4, -0.2) is 36.7 Å². The number of ether oxygens (including phenoxy) is 2.